The van der Waals surface area contributed by atoms with Crippen LogP contribution in [0.2, 0.25) is 0 Å². The first kappa shape index (κ1) is 14.3. The van der Waals surface area contributed by atoms with Crippen molar-refractivity contribution in [1.29, 1.82) is 0 Å². The Morgan fingerprint density at radius 3 is 1.53 bits per heavy atom. The van der Waals surface area contributed by atoms with Crippen LogP contribution in [0.1, 0.15) is 5.56 Å². The maximum atomic E-state index is 12.5. The van der Waals surface area contributed by atoms with Gasteiger partial charge in [0.2, 0.25) is 0 Å². The first-order chi connectivity index (χ1) is 8.00. The van der Waals surface area contributed by atoms with Crippen LogP contribution in [0.4, 0.5) is 8.78 Å². The summed E-state index contributed by atoms with van der Waals surface area (Å²) in [5.74, 6) is -0.957. The number of benzene rings is 2. The van der Waals surface area contributed by atoms with Crippen LogP contribution in [0.25, 0.3) is 0 Å². The Balaban J connectivity index is 0.000000181. The molecule has 0 fully saturated rings. The summed E-state index contributed by atoms with van der Waals surface area (Å²) in [6.45, 7) is 2.08. The molecule has 0 atom stereocenters. The maximum Gasteiger partial charge on any atom is 0.138 e. The fraction of sp³-hybridized carbons (Fsp3) is 0.0769. The first-order valence-electron chi connectivity index (χ1n) is 4.82. The molecular formula is C13H10Br2F2. The normalized spacial score (nSPS) is 9.47. The number of rotatable bonds is 0. The van der Waals surface area contributed by atoms with E-state index < -0.39 is 11.6 Å². The van der Waals surface area contributed by atoms with Gasteiger partial charge in [0.1, 0.15) is 11.6 Å². The highest BCUT2D eigenvalue weighted by Crippen LogP contribution is 2.23. The Bertz CT molecular complexity index is 434. The lowest BCUT2D eigenvalue weighted by Gasteiger charge is -1.95. The van der Waals surface area contributed by atoms with Crippen LogP contribution in [0, 0.1) is 18.6 Å². The van der Waals surface area contributed by atoms with Gasteiger partial charge in [0, 0.05) is 0 Å². The molecule has 0 unspecified atom stereocenters. The van der Waals surface area contributed by atoms with Crippen molar-refractivity contribution in [2.24, 2.45) is 0 Å². The van der Waals surface area contributed by atoms with Gasteiger partial charge in [-0.3, -0.25) is 0 Å². The highest BCUT2D eigenvalue weighted by atomic mass is 79.9. The Labute approximate surface area is 116 Å². The molecule has 0 aliphatic carbocycles. The van der Waals surface area contributed by atoms with Gasteiger partial charge < -0.3 is 0 Å². The lowest BCUT2D eigenvalue weighted by atomic mass is 10.2. The van der Waals surface area contributed by atoms with Crippen molar-refractivity contribution in [1.82, 2.24) is 0 Å². The zero-order chi connectivity index (χ0) is 12.8. The fourth-order valence-electron chi connectivity index (χ4n) is 1.03. The van der Waals surface area contributed by atoms with Crippen LogP contribution < -0.4 is 0 Å². The van der Waals surface area contributed by atoms with Crippen molar-refractivity contribution >= 4 is 31.9 Å². The van der Waals surface area contributed by atoms with E-state index in [4.69, 9.17) is 0 Å². The summed E-state index contributed by atoms with van der Waals surface area (Å²) in [5.41, 5.74) is 1.32. The monoisotopic (exact) mass is 362 g/mol. The molecule has 0 aliphatic heterocycles. The van der Waals surface area contributed by atoms with E-state index in [1.165, 1.54) is 5.56 Å². The lowest BCUT2D eigenvalue weighted by Crippen LogP contribution is -1.81. The van der Waals surface area contributed by atoms with E-state index in [1.807, 2.05) is 18.2 Å². The van der Waals surface area contributed by atoms with Crippen LogP contribution in [0.15, 0.2) is 51.4 Å². The van der Waals surface area contributed by atoms with Gasteiger partial charge in [-0.05, 0) is 50.9 Å². The molecule has 0 aromatic heterocycles. The van der Waals surface area contributed by atoms with Gasteiger partial charge in [0.05, 0.1) is 8.95 Å². The molecule has 2 aromatic rings. The largest absolute Gasteiger partial charge is 0.206 e. The van der Waals surface area contributed by atoms with E-state index in [1.54, 1.807) is 0 Å². The number of hydrogen-bond donors (Lipinski definition) is 0. The van der Waals surface area contributed by atoms with Crippen molar-refractivity contribution < 1.29 is 8.78 Å². The van der Waals surface area contributed by atoms with Crippen molar-refractivity contribution in [3.05, 3.63) is 68.6 Å². The summed E-state index contributed by atoms with van der Waals surface area (Å²) in [4.78, 5) is 0. The second kappa shape index (κ2) is 6.87. The van der Waals surface area contributed by atoms with Gasteiger partial charge >= 0.3 is 0 Å². The van der Waals surface area contributed by atoms with Crippen molar-refractivity contribution in [3.63, 3.8) is 0 Å². The van der Waals surface area contributed by atoms with Crippen molar-refractivity contribution in [3.8, 4) is 0 Å². The molecule has 0 saturated heterocycles. The summed E-state index contributed by atoms with van der Waals surface area (Å²) in [7, 11) is 0. The fourth-order valence-corrected chi connectivity index (χ4v) is 1.66. The topological polar surface area (TPSA) is 0 Å². The second-order valence-corrected chi connectivity index (χ2v) is 5.04. The minimum Gasteiger partial charge on any atom is -0.206 e. The maximum absolute atomic E-state index is 12.5. The van der Waals surface area contributed by atoms with E-state index >= 15 is 0 Å². The predicted molar refractivity (Wildman–Crippen MR) is 72.9 cm³/mol. The van der Waals surface area contributed by atoms with E-state index in [0.29, 0.717) is 0 Å². The molecule has 0 spiro atoms. The van der Waals surface area contributed by atoms with Crippen LogP contribution in [0.3, 0.4) is 0 Å². The quantitative estimate of drug-likeness (QED) is 0.543. The molecule has 0 N–H and O–H groups in total. The molecule has 0 heterocycles. The summed E-state index contributed by atoms with van der Waals surface area (Å²) < 4.78 is 25.3. The highest BCUT2D eigenvalue weighted by Gasteiger charge is 2.04. The zero-order valence-electron chi connectivity index (χ0n) is 9.05. The predicted octanol–water partition coefficient (Wildman–Crippen LogP) is 5.48. The number of halogens is 4. The van der Waals surface area contributed by atoms with Gasteiger partial charge in [-0.25, -0.2) is 8.78 Å². The zero-order valence-corrected chi connectivity index (χ0v) is 12.2. The molecule has 2 rings (SSSR count). The molecule has 0 nitrogen and oxygen atoms in total. The Morgan fingerprint density at radius 1 is 0.824 bits per heavy atom. The Hall–Kier alpha value is -0.740. The third kappa shape index (κ3) is 4.96. The van der Waals surface area contributed by atoms with Gasteiger partial charge in [-0.2, -0.15) is 0 Å². The number of hydrogen-bond acceptors (Lipinski definition) is 0. The lowest BCUT2D eigenvalue weighted by molar-refractivity contribution is 0.589. The molecule has 0 bridgehead atoms. The highest BCUT2D eigenvalue weighted by molar-refractivity contribution is 9.11. The van der Waals surface area contributed by atoms with E-state index in [-0.39, 0.29) is 8.95 Å². The van der Waals surface area contributed by atoms with Gasteiger partial charge in [0.25, 0.3) is 0 Å². The molecular weight excluding hydrogens is 354 g/mol. The molecule has 0 amide bonds. The molecule has 2 aromatic carbocycles. The smallest absolute Gasteiger partial charge is 0.138 e. The van der Waals surface area contributed by atoms with E-state index in [0.717, 1.165) is 12.1 Å². The summed E-state index contributed by atoms with van der Waals surface area (Å²) in [6, 6.07) is 12.4. The Morgan fingerprint density at radius 2 is 1.24 bits per heavy atom. The summed E-state index contributed by atoms with van der Waals surface area (Å²) >= 11 is 5.69. The summed E-state index contributed by atoms with van der Waals surface area (Å²) in [5, 5.41) is 0. The SMILES string of the molecule is Cc1ccccc1.Fc1cc(Br)c(F)cc1Br. The van der Waals surface area contributed by atoms with Crippen molar-refractivity contribution in [2.45, 2.75) is 6.92 Å². The van der Waals surface area contributed by atoms with Crippen molar-refractivity contribution in [2.75, 3.05) is 0 Å². The second-order valence-electron chi connectivity index (χ2n) is 3.34. The number of aryl methyl sites for hydroxylation is 1. The average Bonchev–Trinajstić information content (AvgIpc) is 2.28. The molecule has 17 heavy (non-hydrogen) atoms. The molecule has 0 saturated carbocycles. The van der Waals surface area contributed by atoms with Crippen LogP contribution in [0.5, 0.6) is 0 Å². The molecule has 0 aliphatic rings. The van der Waals surface area contributed by atoms with Gasteiger partial charge in [-0.15, -0.1) is 0 Å². The van der Waals surface area contributed by atoms with Crippen LogP contribution in [-0.4, -0.2) is 0 Å². The first-order valence-corrected chi connectivity index (χ1v) is 6.41. The van der Waals surface area contributed by atoms with Gasteiger partial charge in [-0.1, -0.05) is 35.9 Å². The molecule has 0 radical (unpaired) electrons. The minimum atomic E-state index is -0.478. The summed E-state index contributed by atoms with van der Waals surface area (Å²) in [6.07, 6.45) is 0. The average molecular weight is 364 g/mol. The van der Waals surface area contributed by atoms with E-state index in [9.17, 15) is 8.78 Å². The third-order valence-corrected chi connectivity index (χ3v) is 3.12. The minimum absolute atomic E-state index is 0.133. The van der Waals surface area contributed by atoms with Gasteiger partial charge in [0.15, 0.2) is 0 Å². The third-order valence-electron chi connectivity index (χ3n) is 1.90. The standard InChI is InChI=1S/C7H8.C6H2Br2F2/c1-7-5-3-2-4-6-7;7-3-1-5(9)4(8)2-6(3)10/h2-6H,1H3;1-2H. The van der Waals surface area contributed by atoms with E-state index in [2.05, 4.69) is 50.9 Å². The van der Waals surface area contributed by atoms with Crippen LogP contribution in [-0.2, 0) is 0 Å². The Kier molecular flexibility index (Phi) is 5.78. The molecule has 90 valence electrons. The molecule has 4 heteroatoms. The van der Waals surface area contributed by atoms with Crippen LogP contribution >= 0.6 is 31.9 Å².